The van der Waals surface area contributed by atoms with Crippen LogP contribution >= 0.6 is 0 Å². The van der Waals surface area contributed by atoms with Gasteiger partial charge in [-0.1, -0.05) is 43.0 Å². The van der Waals surface area contributed by atoms with Crippen molar-refractivity contribution < 1.29 is 9.53 Å². The van der Waals surface area contributed by atoms with Crippen LogP contribution in [-0.2, 0) is 21.5 Å². The Bertz CT molecular complexity index is 1070. The van der Waals surface area contributed by atoms with E-state index in [9.17, 15) is 4.79 Å². The summed E-state index contributed by atoms with van der Waals surface area (Å²) in [5, 5.41) is 0. The van der Waals surface area contributed by atoms with Gasteiger partial charge in [-0.05, 0) is 73.7 Å². The molecule has 0 saturated carbocycles. The topological polar surface area (TPSA) is 68.5 Å². The molecule has 0 aliphatic heterocycles. The minimum atomic E-state index is -0.403. The smallest absolute Gasteiger partial charge is 0.230 e. The molecule has 1 amide bonds. The van der Waals surface area contributed by atoms with Gasteiger partial charge >= 0.3 is 0 Å². The highest BCUT2D eigenvalue weighted by atomic mass is 16.5. The lowest BCUT2D eigenvalue weighted by Gasteiger charge is -2.19. The van der Waals surface area contributed by atoms with Crippen molar-refractivity contribution in [2.24, 2.45) is 5.73 Å². The number of likely N-dealkylation sites (N-methyl/N-ethyl adjacent to an activating group) is 1. The van der Waals surface area contributed by atoms with E-state index in [0.717, 1.165) is 39.3 Å². The van der Waals surface area contributed by atoms with Crippen LogP contribution in [0, 0.1) is 0 Å². The number of benzene rings is 1. The third-order valence-electron chi connectivity index (χ3n) is 5.37. The van der Waals surface area contributed by atoms with E-state index in [4.69, 9.17) is 10.5 Å². The largest absolute Gasteiger partial charge is 0.501 e. The van der Waals surface area contributed by atoms with Crippen LogP contribution in [0.5, 0.6) is 0 Å². The van der Waals surface area contributed by atoms with Gasteiger partial charge in [0.1, 0.15) is 0 Å². The van der Waals surface area contributed by atoms with E-state index in [0.29, 0.717) is 6.42 Å². The van der Waals surface area contributed by atoms with Gasteiger partial charge in [-0.15, -0.1) is 0 Å². The quantitative estimate of drug-likeness (QED) is 0.411. The lowest BCUT2D eigenvalue weighted by atomic mass is 9.94. The van der Waals surface area contributed by atoms with Gasteiger partial charge in [0.2, 0.25) is 5.91 Å². The number of nitrogens with zero attached hydrogens (tertiary/aromatic N) is 2. The molecule has 5 heteroatoms. The average Bonchev–Trinajstić information content (AvgIpc) is 2.79. The summed E-state index contributed by atoms with van der Waals surface area (Å²) in [5.74, 6) is 0.804. The van der Waals surface area contributed by atoms with Gasteiger partial charge in [0.15, 0.2) is 0 Å². The Morgan fingerprint density at radius 2 is 1.85 bits per heavy atom. The minimum absolute atomic E-state index is 0.00267. The van der Waals surface area contributed by atoms with Crippen LogP contribution in [0.15, 0.2) is 79.4 Å². The van der Waals surface area contributed by atoms with Gasteiger partial charge in [-0.25, -0.2) is 0 Å². The summed E-state index contributed by atoms with van der Waals surface area (Å²) in [7, 11) is 3.40. The Labute approximate surface area is 198 Å². The first-order valence-corrected chi connectivity index (χ1v) is 10.9. The highest BCUT2D eigenvalue weighted by molar-refractivity contribution is 5.81. The van der Waals surface area contributed by atoms with Crippen LogP contribution in [0.1, 0.15) is 50.1 Å². The fourth-order valence-electron chi connectivity index (χ4n) is 3.16. The van der Waals surface area contributed by atoms with Gasteiger partial charge in [-0.2, -0.15) is 0 Å². The normalized spacial score (nSPS) is 13.0. The molecule has 0 fully saturated rings. The van der Waals surface area contributed by atoms with Gasteiger partial charge < -0.3 is 15.4 Å². The van der Waals surface area contributed by atoms with Crippen molar-refractivity contribution in [1.29, 1.82) is 0 Å². The third kappa shape index (κ3) is 7.58. The summed E-state index contributed by atoms with van der Waals surface area (Å²) in [5.41, 5.74) is 11.3. The van der Waals surface area contributed by atoms with E-state index in [2.05, 4.69) is 11.6 Å². The minimum Gasteiger partial charge on any atom is -0.501 e. The molecule has 2 aromatic rings. The maximum absolute atomic E-state index is 12.8. The van der Waals surface area contributed by atoms with E-state index in [1.807, 2.05) is 82.4 Å². The number of methoxy groups -OCH3 is 1. The number of rotatable bonds is 9. The molecule has 0 saturated heterocycles. The second-order valence-corrected chi connectivity index (χ2v) is 8.65. The fraction of sp³-hybridized carbons (Fsp3) is 0.286. The number of carbonyl (C=O) groups is 1. The van der Waals surface area contributed by atoms with Crippen molar-refractivity contribution in [3.8, 4) is 0 Å². The molecular weight excluding hydrogens is 410 g/mol. The second-order valence-electron chi connectivity index (χ2n) is 8.65. The molecule has 33 heavy (non-hydrogen) atoms. The van der Waals surface area contributed by atoms with E-state index in [-0.39, 0.29) is 5.91 Å². The first-order valence-electron chi connectivity index (χ1n) is 10.9. The second kappa shape index (κ2) is 11.4. The zero-order valence-electron chi connectivity index (χ0n) is 20.6. The number of hydrogen-bond donors (Lipinski definition) is 1. The SMILES string of the molecule is C=C/C(=C\C=C(/C)OC)c1ccnc(/C(C)=C/N(C)C(=O)Cc2ccc(C(C)(C)N)cc2)c1. The summed E-state index contributed by atoms with van der Waals surface area (Å²) in [4.78, 5) is 18.8. The van der Waals surface area contributed by atoms with E-state index in [1.54, 1.807) is 31.3 Å². The maximum Gasteiger partial charge on any atom is 0.230 e. The van der Waals surface area contributed by atoms with Crippen molar-refractivity contribution in [3.05, 3.63) is 102 Å². The van der Waals surface area contributed by atoms with Crippen molar-refractivity contribution in [1.82, 2.24) is 9.88 Å². The molecule has 1 heterocycles. The van der Waals surface area contributed by atoms with Crippen LogP contribution in [0.4, 0.5) is 0 Å². The highest BCUT2D eigenvalue weighted by Gasteiger charge is 2.14. The number of carbonyl (C=O) groups excluding carboxylic acids is 1. The predicted molar refractivity (Wildman–Crippen MR) is 137 cm³/mol. The van der Waals surface area contributed by atoms with Crippen LogP contribution in [0.25, 0.3) is 11.1 Å². The number of amides is 1. The third-order valence-corrected chi connectivity index (χ3v) is 5.37. The number of nitrogens with two attached hydrogens (primary N) is 1. The molecule has 1 aromatic heterocycles. The molecule has 0 radical (unpaired) electrons. The Morgan fingerprint density at radius 3 is 2.42 bits per heavy atom. The number of hydrogen-bond acceptors (Lipinski definition) is 4. The van der Waals surface area contributed by atoms with Crippen molar-refractivity contribution in [3.63, 3.8) is 0 Å². The molecule has 0 atom stereocenters. The number of ether oxygens (including phenoxy) is 1. The lowest BCUT2D eigenvalue weighted by Crippen LogP contribution is -2.28. The number of aromatic nitrogens is 1. The molecule has 0 unspecified atom stereocenters. The molecule has 174 valence electrons. The highest BCUT2D eigenvalue weighted by Crippen LogP contribution is 2.21. The molecule has 2 rings (SSSR count). The zero-order valence-corrected chi connectivity index (χ0v) is 20.6. The van der Waals surface area contributed by atoms with Crippen LogP contribution in [-0.4, -0.2) is 29.9 Å². The van der Waals surface area contributed by atoms with Crippen molar-refractivity contribution in [2.75, 3.05) is 14.2 Å². The Kier molecular flexibility index (Phi) is 8.94. The standard InChI is InChI=1S/C28H35N3O2/c1-8-23(12-9-21(3)33-7)24-15-16-30-26(18-24)20(2)19-31(6)27(32)17-22-10-13-25(14-11-22)28(4,5)29/h8-16,18-19H,1,17,29H2,2-7H3/b20-19+,21-9+,23-12+. The molecule has 0 aliphatic rings. The summed E-state index contributed by atoms with van der Waals surface area (Å²) >= 11 is 0. The predicted octanol–water partition coefficient (Wildman–Crippen LogP) is 5.46. The van der Waals surface area contributed by atoms with Crippen LogP contribution in [0.2, 0.25) is 0 Å². The molecule has 0 aliphatic carbocycles. The van der Waals surface area contributed by atoms with Crippen LogP contribution < -0.4 is 5.73 Å². The summed E-state index contributed by atoms with van der Waals surface area (Å²) in [6.45, 7) is 11.7. The Hall–Kier alpha value is -3.44. The molecule has 2 N–H and O–H groups in total. The first-order chi connectivity index (χ1) is 15.5. The molecule has 0 spiro atoms. The van der Waals surface area contributed by atoms with Crippen LogP contribution in [0.3, 0.4) is 0 Å². The van der Waals surface area contributed by atoms with Crippen molar-refractivity contribution in [2.45, 2.75) is 39.7 Å². The van der Waals surface area contributed by atoms with E-state index in [1.165, 1.54) is 0 Å². The summed E-state index contributed by atoms with van der Waals surface area (Å²) < 4.78 is 5.19. The Balaban J connectivity index is 2.16. The summed E-state index contributed by atoms with van der Waals surface area (Å²) in [6, 6.07) is 11.8. The van der Waals surface area contributed by atoms with Crippen molar-refractivity contribution >= 4 is 17.1 Å². The van der Waals surface area contributed by atoms with E-state index >= 15 is 0 Å². The molecule has 5 nitrogen and oxygen atoms in total. The molecule has 0 bridgehead atoms. The fourth-order valence-corrected chi connectivity index (χ4v) is 3.16. The zero-order chi connectivity index (χ0) is 24.6. The monoisotopic (exact) mass is 445 g/mol. The molecular formula is C28H35N3O2. The van der Waals surface area contributed by atoms with E-state index < -0.39 is 5.54 Å². The number of allylic oxidation sites excluding steroid dienone is 6. The number of pyridine rings is 1. The van der Waals surface area contributed by atoms with Gasteiger partial charge in [-0.3, -0.25) is 9.78 Å². The van der Waals surface area contributed by atoms with Gasteiger partial charge in [0.05, 0.1) is 25.0 Å². The Morgan fingerprint density at radius 1 is 1.18 bits per heavy atom. The lowest BCUT2D eigenvalue weighted by molar-refractivity contribution is -0.126. The molecule has 1 aromatic carbocycles. The summed E-state index contributed by atoms with van der Waals surface area (Å²) in [6.07, 6.45) is 9.54. The average molecular weight is 446 g/mol. The van der Waals surface area contributed by atoms with Gasteiger partial charge in [0.25, 0.3) is 0 Å². The first kappa shape index (κ1) is 25.8. The maximum atomic E-state index is 12.8. The van der Waals surface area contributed by atoms with Gasteiger partial charge in [0, 0.05) is 25.0 Å².